The molecule has 6 nitrogen and oxygen atoms in total. The molecule has 1 N–H and O–H groups in total. The summed E-state index contributed by atoms with van der Waals surface area (Å²) in [5, 5.41) is 9.99. The van der Waals surface area contributed by atoms with Gasteiger partial charge in [-0.2, -0.15) is 0 Å². The van der Waals surface area contributed by atoms with Gasteiger partial charge in [0.1, 0.15) is 12.3 Å². The van der Waals surface area contributed by atoms with E-state index in [0.717, 1.165) is 17.7 Å². The first-order valence-electron chi connectivity index (χ1n) is 9.59. The number of hydrogen-bond donors (Lipinski definition) is 1. The van der Waals surface area contributed by atoms with Crippen LogP contribution in [0.2, 0.25) is 0 Å². The van der Waals surface area contributed by atoms with E-state index in [-0.39, 0.29) is 60.2 Å². The normalized spacial score (nSPS) is 28.1. The second-order valence-electron chi connectivity index (χ2n) is 7.71. The van der Waals surface area contributed by atoms with Crippen molar-refractivity contribution in [2.75, 3.05) is 13.1 Å². The highest BCUT2D eigenvalue weighted by molar-refractivity contribution is 6.08. The number of hydrogen-bond acceptors (Lipinski definition) is 4. The van der Waals surface area contributed by atoms with Crippen molar-refractivity contribution in [1.82, 2.24) is 9.80 Å². The second-order valence-corrected chi connectivity index (χ2v) is 7.71. The number of rotatable bonds is 6. The Hall–Kier alpha value is -2.63. The summed E-state index contributed by atoms with van der Waals surface area (Å²) in [6.07, 6.45) is 5.72. The van der Waals surface area contributed by atoms with Crippen molar-refractivity contribution in [2.45, 2.75) is 26.3 Å². The van der Waals surface area contributed by atoms with Crippen molar-refractivity contribution in [3.05, 3.63) is 42.0 Å². The van der Waals surface area contributed by atoms with Gasteiger partial charge < -0.3 is 10.0 Å². The Morgan fingerprint density at radius 2 is 1.78 bits per heavy atom. The number of allylic oxidation sites excluding steroid dienone is 2. The van der Waals surface area contributed by atoms with Crippen LogP contribution in [0.3, 0.4) is 0 Å². The largest absolute Gasteiger partial charge is 0.508 e. The number of carbonyl (C=O) groups excluding carboxylic acids is 3. The Bertz CT molecular complexity index is 788. The molecule has 0 spiro atoms. The quantitative estimate of drug-likeness (QED) is 0.615. The average Bonchev–Trinajstić information content (AvgIpc) is 3.33. The number of fused-ring (bicyclic) bond motifs is 5. The van der Waals surface area contributed by atoms with E-state index in [4.69, 9.17) is 0 Å². The minimum atomic E-state index is -0.280. The third-order valence-electron chi connectivity index (χ3n) is 6.05. The van der Waals surface area contributed by atoms with E-state index in [0.29, 0.717) is 12.1 Å². The third-order valence-corrected chi connectivity index (χ3v) is 6.05. The van der Waals surface area contributed by atoms with Gasteiger partial charge >= 0.3 is 0 Å². The number of aromatic hydroxyl groups is 1. The zero-order chi connectivity index (χ0) is 19.1. The second kappa shape index (κ2) is 6.83. The SMILES string of the molecule is CCCN(Cc1ccccc1O)C(=O)CN1C(=O)[C@@H]2[C@@H](C1=O)[C@H]1C=C[C@H]2C1. The summed E-state index contributed by atoms with van der Waals surface area (Å²) < 4.78 is 0. The fourth-order valence-corrected chi connectivity index (χ4v) is 4.77. The smallest absolute Gasteiger partial charge is 0.243 e. The van der Waals surface area contributed by atoms with Crippen LogP contribution in [0.4, 0.5) is 0 Å². The van der Waals surface area contributed by atoms with Gasteiger partial charge in [-0.15, -0.1) is 0 Å². The van der Waals surface area contributed by atoms with Crippen LogP contribution < -0.4 is 0 Å². The van der Waals surface area contributed by atoms with Crippen LogP contribution in [0.25, 0.3) is 0 Å². The summed E-state index contributed by atoms with van der Waals surface area (Å²) >= 11 is 0. The highest BCUT2D eigenvalue weighted by Crippen LogP contribution is 2.52. The maximum atomic E-state index is 12.9. The molecule has 0 aromatic heterocycles. The molecule has 1 aromatic carbocycles. The molecule has 1 saturated carbocycles. The lowest BCUT2D eigenvalue weighted by atomic mass is 9.85. The Labute approximate surface area is 158 Å². The number of imide groups is 1. The minimum Gasteiger partial charge on any atom is -0.508 e. The van der Waals surface area contributed by atoms with E-state index in [1.165, 1.54) is 0 Å². The van der Waals surface area contributed by atoms with Crippen LogP contribution in [0.15, 0.2) is 36.4 Å². The van der Waals surface area contributed by atoms with Crippen LogP contribution in [-0.4, -0.2) is 45.7 Å². The predicted octanol–water partition coefficient (Wildman–Crippen LogP) is 1.94. The summed E-state index contributed by atoms with van der Waals surface area (Å²) in [5.41, 5.74) is 0.650. The molecule has 1 saturated heterocycles. The van der Waals surface area contributed by atoms with Crippen LogP contribution in [0.1, 0.15) is 25.3 Å². The molecule has 2 bridgehead atoms. The van der Waals surface area contributed by atoms with E-state index >= 15 is 0 Å². The maximum Gasteiger partial charge on any atom is 0.243 e. The summed E-state index contributed by atoms with van der Waals surface area (Å²) in [4.78, 5) is 41.2. The lowest BCUT2D eigenvalue weighted by Crippen LogP contribution is -2.43. The molecule has 0 unspecified atom stereocenters. The highest BCUT2D eigenvalue weighted by atomic mass is 16.3. The van der Waals surface area contributed by atoms with Gasteiger partial charge in [0, 0.05) is 18.7 Å². The molecule has 0 radical (unpaired) electrons. The molecule has 1 aromatic rings. The lowest BCUT2D eigenvalue weighted by molar-refractivity contribution is -0.147. The minimum absolute atomic E-state index is 0.136. The van der Waals surface area contributed by atoms with Gasteiger partial charge in [-0.1, -0.05) is 37.3 Å². The van der Waals surface area contributed by atoms with Gasteiger partial charge in [-0.3, -0.25) is 19.3 Å². The van der Waals surface area contributed by atoms with Gasteiger partial charge in [0.15, 0.2) is 0 Å². The molecular weight excluding hydrogens is 344 g/mol. The molecule has 2 fully saturated rings. The van der Waals surface area contributed by atoms with E-state index < -0.39 is 0 Å². The van der Waals surface area contributed by atoms with Gasteiger partial charge in [-0.25, -0.2) is 0 Å². The number of likely N-dealkylation sites (tertiary alicyclic amines) is 1. The van der Waals surface area contributed by atoms with Crippen LogP contribution in [-0.2, 0) is 20.9 Å². The summed E-state index contributed by atoms with van der Waals surface area (Å²) in [6, 6.07) is 6.89. The number of benzene rings is 1. The summed E-state index contributed by atoms with van der Waals surface area (Å²) in [5.74, 6) is -0.798. The molecule has 4 rings (SSSR count). The Morgan fingerprint density at radius 3 is 2.37 bits per heavy atom. The van der Waals surface area contributed by atoms with Gasteiger partial charge in [-0.05, 0) is 30.7 Å². The molecule has 1 heterocycles. The Kier molecular flexibility index (Phi) is 4.50. The zero-order valence-electron chi connectivity index (χ0n) is 15.4. The maximum absolute atomic E-state index is 12.9. The van der Waals surface area contributed by atoms with Gasteiger partial charge in [0.2, 0.25) is 17.7 Å². The van der Waals surface area contributed by atoms with Crippen molar-refractivity contribution in [3.8, 4) is 5.75 Å². The zero-order valence-corrected chi connectivity index (χ0v) is 15.4. The first-order valence-corrected chi connectivity index (χ1v) is 9.59. The Balaban J connectivity index is 1.48. The molecule has 27 heavy (non-hydrogen) atoms. The topological polar surface area (TPSA) is 77.9 Å². The van der Waals surface area contributed by atoms with Crippen molar-refractivity contribution in [2.24, 2.45) is 23.7 Å². The van der Waals surface area contributed by atoms with Gasteiger partial charge in [0.05, 0.1) is 11.8 Å². The van der Waals surface area contributed by atoms with E-state index in [9.17, 15) is 19.5 Å². The number of phenols is 1. The Morgan fingerprint density at radius 1 is 1.15 bits per heavy atom. The van der Waals surface area contributed by atoms with Crippen LogP contribution in [0, 0.1) is 23.7 Å². The molecular formula is C21H24N2O4. The van der Waals surface area contributed by atoms with Gasteiger partial charge in [0.25, 0.3) is 0 Å². The molecule has 4 atom stereocenters. The highest BCUT2D eigenvalue weighted by Gasteiger charge is 2.59. The molecule has 3 aliphatic rings. The van der Waals surface area contributed by atoms with E-state index in [2.05, 4.69) is 0 Å². The number of carbonyl (C=O) groups is 3. The van der Waals surface area contributed by atoms with Crippen molar-refractivity contribution < 1.29 is 19.5 Å². The average molecular weight is 368 g/mol. The molecule has 142 valence electrons. The van der Waals surface area contributed by atoms with E-state index in [1.54, 1.807) is 29.2 Å². The lowest BCUT2D eigenvalue weighted by Gasteiger charge is -2.25. The third kappa shape index (κ3) is 2.93. The standard InChI is InChI=1S/C21H24N2O4/c1-2-9-22(11-15-5-3-4-6-16(15)24)17(25)12-23-20(26)18-13-7-8-14(10-13)19(18)21(23)27/h3-8,13-14,18-19,24H,2,9-12H2,1H3/t13-,14-,18-,19-/m0/s1. The molecule has 2 aliphatic carbocycles. The fourth-order valence-electron chi connectivity index (χ4n) is 4.77. The number of para-hydroxylation sites is 1. The number of amides is 3. The molecule has 6 heteroatoms. The van der Waals surface area contributed by atoms with Crippen molar-refractivity contribution >= 4 is 17.7 Å². The number of phenolic OH excluding ortho intramolecular Hbond substituents is 1. The fraction of sp³-hybridized carbons (Fsp3) is 0.476. The number of nitrogens with zero attached hydrogens (tertiary/aromatic N) is 2. The van der Waals surface area contributed by atoms with Crippen molar-refractivity contribution in [3.63, 3.8) is 0 Å². The van der Waals surface area contributed by atoms with E-state index in [1.807, 2.05) is 19.1 Å². The van der Waals surface area contributed by atoms with Crippen molar-refractivity contribution in [1.29, 1.82) is 0 Å². The summed E-state index contributed by atoms with van der Waals surface area (Å²) in [6.45, 7) is 2.51. The first-order chi connectivity index (χ1) is 13.0. The monoisotopic (exact) mass is 368 g/mol. The molecule has 1 aliphatic heterocycles. The van der Waals surface area contributed by atoms with Crippen LogP contribution in [0.5, 0.6) is 5.75 Å². The summed E-state index contributed by atoms with van der Waals surface area (Å²) in [7, 11) is 0. The molecule has 3 amide bonds. The predicted molar refractivity (Wildman–Crippen MR) is 98.3 cm³/mol. The van der Waals surface area contributed by atoms with Crippen LogP contribution >= 0.6 is 0 Å². The first kappa shape index (κ1) is 17.8.